The lowest BCUT2D eigenvalue weighted by Gasteiger charge is -2.16. The third kappa shape index (κ3) is 2.72. The summed E-state index contributed by atoms with van der Waals surface area (Å²) in [5.41, 5.74) is 0. The van der Waals surface area contributed by atoms with Gasteiger partial charge in [0.15, 0.2) is 17.7 Å². The summed E-state index contributed by atoms with van der Waals surface area (Å²) in [5.74, 6) is -2.20. The Balaban J connectivity index is 2.11. The molecule has 5 heteroatoms. The number of hydrogen-bond acceptors (Lipinski definition) is 3. The summed E-state index contributed by atoms with van der Waals surface area (Å²) >= 11 is 0. The number of hydrogen-bond donors (Lipinski definition) is 0. The molecule has 0 N–H and O–H groups in total. The normalized spacial score (nSPS) is 16.4. The van der Waals surface area contributed by atoms with E-state index >= 15 is 0 Å². The van der Waals surface area contributed by atoms with Crippen LogP contribution in [-0.4, -0.2) is 19.2 Å². The second-order valence-corrected chi connectivity index (χ2v) is 3.97. The van der Waals surface area contributed by atoms with Crippen molar-refractivity contribution in [2.75, 3.05) is 7.11 Å². The highest BCUT2D eigenvalue weighted by molar-refractivity contribution is 5.75. The van der Waals surface area contributed by atoms with Crippen molar-refractivity contribution >= 4 is 5.97 Å². The van der Waals surface area contributed by atoms with Crippen LogP contribution in [0.25, 0.3) is 0 Å². The molecule has 92 valence electrons. The first-order valence-electron chi connectivity index (χ1n) is 5.31. The zero-order chi connectivity index (χ0) is 12.4. The summed E-state index contributed by atoms with van der Waals surface area (Å²) < 4.78 is 35.6. The van der Waals surface area contributed by atoms with Gasteiger partial charge < -0.3 is 9.47 Å². The van der Waals surface area contributed by atoms with E-state index in [1.807, 2.05) is 0 Å². The first kappa shape index (κ1) is 11.8. The van der Waals surface area contributed by atoms with E-state index in [0.29, 0.717) is 0 Å². The van der Waals surface area contributed by atoms with Gasteiger partial charge in [0, 0.05) is 12.0 Å². The van der Waals surface area contributed by atoms with Crippen LogP contribution in [0.3, 0.4) is 0 Å². The molecule has 1 saturated carbocycles. The molecule has 1 aliphatic rings. The van der Waals surface area contributed by atoms with Crippen molar-refractivity contribution in [1.29, 1.82) is 0 Å². The van der Waals surface area contributed by atoms with Gasteiger partial charge in [-0.05, 0) is 25.0 Å². The van der Waals surface area contributed by atoms with Crippen LogP contribution < -0.4 is 4.74 Å². The molecule has 1 fully saturated rings. The average Bonchev–Trinajstić information content (AvgIpc) is 3.13. The number of carbonyl (C=O) groups is 1. The summed E-state index contributed by atoms with van der Waals surface area (Å²) in [7, 11) is 1.27. The molecule has 1 aromatic rings. The average molecular weight is 242 g/mol. The fourth-order valence-electron chi connectivity index (χ4n) is 1.55. The number of esters is 1. The van der Waals surface area contributed by atoms with Crippen LogP contribution in [-0.2, 0) is 9.53 Å². The monoisotopic (exact) mass is 242 g/mol. The van der Waals surface area contributed by atoms with Crippen molar-refractivity contribution in [2.24, 2.45) is 5.92 Å². The second-order valence-electron chi connectivity index (χ2n) is 3.97. The largest absolute Gasteiger partial charge is 0.478 e. The van der Waals surface area contributed by atoms with Gasteiger partial charge in [-0.3, -0.25) is 0 Å². The summed E-state index contributed by atoms with van der Waals surface area (Å²) in [6.07, 6.45) is 1.03. The lowest BCUT2D eigenvalue weighted by molar-refractivity contribution is -0.149. The maximum atomic E-state index is 13.0. The fraction of sp³-hybridized carbons (Fsp3) is 0.417. The Morgan fingerprint density at radius 2 is 2.06 bits per heavy atom. The van der Waals surface area contributed by atoms with Gasteiger partial charge in [0.1, 0.15) is 5.75 Å². The van der Waals surface area contributed by atoms with Gasteiger partial charge in [-0.25, -0.2) is 13.6 Å². The quantitative estimate of drug-likeness (QED) is 0.760. The van der Waals surface area contributed by atoms with Crippen LogP contribution in [0.15, 0.2) is 18.2 Å². The van der Waals surface area contributed by atoms with Crippen LogP contribution in [0.2, 0.25) is 0 Å². The van der Waals surface area contributed by atoms with E-state index in [-0.39, 0.29) is 11.7 Å². The Morgan fingerprint density at radius 1 is 1.35 bits per heavy atom. The highest BCUT2D eigenvalue weighted by Crippen LogP contribution is 2.35. The minimum Gasteiger partial charge on any atom is -0.478 e. The lowest BCUT2D eigenvalue weighted by Crippen LogP contribution is -2.30. The zero-order valence-corrected chi connectivity index (χ0v) is 9.28. The molecular formula is C12H12F2O3. The van der Waals surface area contributed by atoms with Crippen molar-refractivity contribution < 1.29 is 23.0 Å². The van der Waals surface area contributed by atoms with E-state index < -0.39 is 23.7 Å². The minimum absolute atomic E-state index is 0.107. The first-order valence-corrected chi connectivity index (χ1v) is 5.31. The molecule has 0 spiro atoms. The van der Waals surface area contributed by atoms with Crippen molar-refractivity contribution in [3.63, 3.8) is 0 Å². The number of benzene rings is 1. The molecule has 0 saturated heterocycles. The minimum atomic E-state index is -0.998. The predicted octanol–water partition coefficient (Wildman–Crippen LogP) is 2.30. The molecule has 0 aliphatic heterocycles. The van der Waals surface area contributed by atoms with Crippen LogP contribution in [0.1, 0.15) is 12.8 Å². The van der Waals surface area contributed by atoms with Crippen molar-refractivity contribution in [3.05, 3.63) is 29.8 Å². The molecule has 0 radical (unpaired) electrons. The predicted molar refractivity (Wildman–Crippen MR) is 55.5 cm³/mol. The SMILES string of the molecule is COC(=O)C(Oc1ccc(F)c(F)c1)C1CC1. The second kappa shape index (κ2) is 4.69. The Bertz CT molecular complexity index is 430. The fourth-order valence-corrected chi connectivity index (χ4v) is 1.55. The molecule has 0 amide bonds. The van der Waals surface area contributed by atoms with Gasteiger partial charge in [0.25, 0.3) is 0 Å². The summed E-state index contributed by atoms with van der Waals surface area (Å²) in [4.78, 5) is 11.4. The van der Waals surface area contributed by atoms with E-state index in [0.717, 1.165) is 25.0 Å². The van der Waals surface area contributed by atoms with Gasteiger partial charge in [0.2, 0.25) is 0 Å². The molecule has 17 heavy (non-hydrogen) atoms. The van der Waals surface area contributed by atoms with E-state index in [1.54, 1.807) is 0 Å². The summed E-state index contributed by atoms with van der Waals surface area (Å²) in [6.45, 7) is 0. The Kier molecular flexibility index (Phi) is 3.26. The lowest BCUT2D eigenvalue weighted by atomic mass is 10.2. The summed E-state index contributed by atoms with van der Waals surface area (Å²) in [5, 5.41) is 0. The van der Waals surface area contributed by atoms with Crippen LogP contribution in [0.4, 0.5) is 8.78 Å². The maximum Gasteiger partial charge on any atom is 0.347 e. The molecule has 1 unspecified atom stereocenters. The van der Waals surface area contributed by atoms with Crippen molar-refractivity contribution in [2.45, 2.75) is 18.9 Å². The third-order valence-electron chi connectivity index (χ3n) is 2.64. The molecular weight excluding hydrogens is 230 g/mol. The molecule has 0 bridgehead atoms. The Hall–Kier alpha value is -1.65. The zero-order valence-electron chi connectivity index (χ0n) is 9.28. The highest BCUT2D eigenvalue weighted by atomic mass is 19.2. The summed E-state index contributed by atoms with van der Waals surface area (Å²) in [6, 6.07) is 3.18. The van der Waals surface area contributed by atoms with E-state index in [4.69, 9.17) is 4.74 Å². The van der Waals surface area contributed by atoms with Gasteiger partial charge in [-0.15, -0.1) is 0 Å². The van der Waals surface area contributed by atoms with E-state index in [9.17, 15) is 13.6 Å². The van der Waals surface area contributed by atoms with Gasteiger partial charge >= 0.3 is 5.97 Å². The molecule has 1 aromatic carbocycles. The number of rotatable bonds is 4. The van der Waals surface area contributed by atoms with Crippen molar-refractivity contribution in [3.8, 4) is 5.75 Å². The Labute approximate surface area is 97.3 Å². The molecule has 0 heterocycles. The first-order chi connectivity index (χ1) is 8.11. The molecule has 1 aliphatic carbocycles. The standard InChI is InChI=1S/C12H12F2O3/c1-16-12(15)11(7-2-3-7)17-8-4-5-9(13)10(14)6-8/h4-7,11H,2-3H2,1H3. The molecule has 1 atom stereocenters. The third-order valence-corrected chi connectivity index (χ3v) is 2.64. The van der Waals surface area contributed by atoms with Gasteiger partial charge in [-0.1, -0.05) is 0 Å². The number of methoxy groups -OCH3 is 1. The van der Waals surface area contributed by atoms with Gasteiger partial charge in [0.05, 0.1) is 7.11 Å². The number of halogens is 2. The topological polar surface area (TPSA) is 35.5 Å². The van der Waals surface area contributed by atoms with Crippen molar-refractivity contribution in [1.82, 2.24) is 0 Å². The molecule has 2 rings (SSSR count). The van der Waals surface area contributed by atoms with Crippen LogP contribution >= 0.6 is 0 Å². The Morgan fingerprint density at radius 3 is 2.59 bits per heavy atom. The molecule has 0 aromatic heterocycles. The highest BCUT2D eigenvalue weighted by Gasteiger charge is 2.39. The number of carbonyl (C=O) groups excluding carboxylic acids is 1. The van der Waals surface area contributed by atoms with Crippen LogP contribution in [0, 0.1) is 17.6 Å². The van der Waals surface area contributed by atoms with E-state index in [2.05, 4.69) is 4.74 Å². The van der Waals surface area contributed by atoms with E-state index in [1.165, 1.54) is 13.2 Å². The van der Waals surface area contributed by atoms with Crippen LogP contribution in [0.5, 0.6) is 5.75 Å². The van der Waals surface area contributed by atoms with Gasteiger partial charge in [-0.2, -0.15) is 0 Å². The molecule has 3 nitrogen and oxygen atoms in total. The number of ether oxygens (including phenoxy) is 2. The smallest absolute Gasteiger partial charge is 0.347 e. The maximum absolute atomic E-state index is 13.0.